The number of ether oxygens (including phenoxy) is 1. The summed E-state index contributed by atoms with van der Waals surface area (Å²) in [7, 11) is 0. The average molecular weight is 538 g/mol. The van der Waals surface area contributed by atoms with E-state index in [1.54, 1.807) is 31.2 Å². The summed E-state index contributed by atoms with van der Waals surface area (Å²) in [4.78, 5) is 29.5. The fourth-order valence-electron chi connectivity index (χ4n) is 4.23. The van der Waals surface area contributed by atoms with Gasteiger partial charge in [-0.1, -0.05) is 41.4 Å². The fraction of sp³-hybridized carbons (Fsp3) is 0.214. The molecule has 0 aliphatic carbocycles. The standard InChI is InChI=1S/C28H25Cl2N3O4/c1-18(36-25-11-6-20(29)17-23(25)30)27(34)31-21-7-9-22(10-8-21)32-12-14-33(15-13-32)28(35)26-16-19-4-2-3-5-24(19)37-26/h2-11,16-18H,12-15H2,1H3,(H,31,34)/t18-/m1/s1. The highest BCUT2D eigenvalue weighted by Crippen LogP contribution is 2.29. The van der Waals surface area contributed by atoms with Gasteiger partial charge in [0.15, 0.2) is 11.9 Å². The summed E-state index contributed by atoms with van der Waals surface area (Å²) in [5.41, 5.74) is 2.39. The summed E-state index contributed by atoms with van der Waals surface area (Å²) >= 11 is 12.0. The van der Waals surface area contributed by atoms with E-state index in [0.717, 1.165) is 11.1 Å². The Morgan fingerprint density at radius 1 is 0.946 bits per heavy atom. The molecule has 190 valence electrons. The van der Waals surface area contributed by atoms with Crippen LogP contribution in [0.25, 0.3) is 11.0 Å². The van der Waals surface area contributed by atoms with Gasteiger partial charge in [0.05, 0.1) is 5.02 Å². The lowest BCUT2D eigenvalue weighted by molar-refractivity contribution is -0.122. The molecule has 9 heteroatoms. The molecule has 7 nitrogen and oxygen atoms in total. The lowest BCUT2D eigenvalue weighted by Crippen LogP contribution is -2.48. The van der Waals surface area contributed by atoms with Crippen molar-refractivity contribution in [1.82, 2.24) is 4.90 Å². The number of carbonyl (C=O) groups excluding carboxylic acids is 2. The van der Waals surface area contributed by atoms with Crippen LogP contribution in [0.2, 0.25) is 10.0 Å². The minimum atomic E-state index is -0.754. The second-order valence-electron chi connectivity index (χ2n) is 8.80. The van der Waals surface area contributed by atoms with E-state index in [2.05, 4.69) is 10.2 Å². The van der Waals surface area contributed by atoms with E-state index in [-0.39, 0.29) is 11.8 Å². The van der Waals surface area contributed by atoms with Crippen molar-refractivity contribution in [2.24, 2.45) is 0 Å². The second-order valence-corrected chi connectivity index (χ2v) is 9.64. The second kappa shape index (κ2) is 10.7. The number of carbonyl (C=O) groups is 2. The van der Waals surface area contributed by atoms with Gasteiger partial charge in [-0.2, -0.15) is 0 Å². The van der Waals surface area contributed by atoms with Crippen LogP contribution in [0.15, 0.2) is 77.2 Å². The molecule has 0 bridgehead atoms. The Hall–Kier alpha value is -3.68. The zero-order valence-electron chi connectivity index (χ0n) is 20.1. The van der Waals surface area contributed by atoms with Gasteiger partial charge in [-0.25, -0.2) is 0 Å². The van der Waals surface area contributed by atoms with Gasteiger partial charge in [-0.05, 0) is 61.5 Å². The van der Waals surface area contributed by atoms with E-state index in [9.17, 15) is 9.59 Å². The highest BCUT2D eigenvalue weighted by atomic mass is 35.5. The molecule has 1 aromatic heterocycles. The average Bonchev–Trinajstić information content (AvgIpc) is 3.35. The maximum Gasteiger partial charge on any atom is 0.289 e. The third-order valence-electron chi connectivity index (χ3n) is 6.27. The number of halogens is 2. The first-order valence-corrected chi connectivity index (χ1v) is 12.7. The summed E-state index contributed by atoms with van der Waals surface area (Å²) in [6.07, 6.45) is -0.754. The number of fused-ring (bicyclic) bond motifs is 1. The van der Waals surface area contributed by atoms with Crippen LogP contribution >= 0.6 is 23.2 Å². The summed E-state index contributed by atoms with van der Waals surface area (Å²) in [6.45, 7) is 4.24. The molecule has 37 heavy (non-hydrogen) atoms. The predicted octanol–water partition coefficient (Wildman–Crippen LogP) is 6.11. The number of rotatable bonds is 6. The molecule has 1 N–H and O–H groups in total. The molecular formula is C28H25Cl2N3O4. The Morgan fingerprint density at radius 3 is 2.38 bits per heavy atom. The van der Waals surface area contributed by atoms with Gasteiger partial charge >= 0.3 is 0 Å². The number of anilines is 2. The lowest BCUT2D eigenvalue weighted by Gasteiger charge is -2.35. The normalized spacial score (nSPS) is 14.5. The number of furan rings is 1. The maximum atomic E-state index is 12.9. The Bertz CT molecular complexity index is 1400. The van der Waals surface area contributed by atoms with Crippen molar-refractivity contribution < 1.29 is 18.7 Å². The number of amides is 2. The first kappa shape index (κ1) is 25.0. The Labute approximate surface area is 224 Å². The van der Waals surface area contributed by atoms with Gasteiger partial charge in [0.2, 0.25) is 0 Å². The molecule has 1 atom stereocenters. The van der Waals surface area contributed by atoms with Crippen LogP contribution in [0, 0.1) is 0 Å². The molecule has 3 aromatic carbocycles. The molecule has 2 heterocycles. The monoisotopic (exact) mass is 537 g/mol. The predicted molar refractivity (Wildman–Crippen MR) is 146 cm³/mol. The molecule has 0 spiro atoms. The van der Waals surface area contributed by atoms with E-state index in [4.69, 9.17) is 32.4 Å². The largest absolute Gasteiger partial charge is 0.479 e. The Kier molecular flexibility index (Phi) is 7.26. The fourth-order valence-corrected chi connectivity index (χ4v) is 4.68. The third-order valence-corrected chi connectivity index (χ3v) is 6.80. The Balaban J connectivity index is 1.14. The molecular weight excluding hydrogens is 513 g/mol. The third kappa shape index (κ3) is 5.68. The molecule has 5 rings (SSSR count). The van der Waals surface area contributed by atoms with Crippen molar-refractivity contribution in [2.45, 2.75) is 13.0 Å². The van der Waals surface area contributed by atoms with Crippen LogP contribution < -0.4 is 15.0 Å². The lowest BCUT2D eigenvalue weighted by atomic mass is 10.2. The van der Waals surface area contributed by atoms with Crippen molar-refractivity contribution in [1.29, 1.82) is 0 Å². The van der Waals surface area contributed by atoms with Crippen LogP contribution in [-0.2, 0) is 4.79 Å². The van der Waals surface area contributed by atoms with Crippen LogP contribution in [0.1, 0.15) is 17.5 Å². The molecule has 1 fully saturated rings. The number of piperazine rings is 1. The zero-order valence-corrected chi connectivity index (χ0v) is 21.6. The van der Waals surface area contributed by atoms with Gasteiger partial charge in [0.1, 0.15) is 11.3 Å². The molecule has 1 saturated heterocycles. The van der Waals surface area contributed by atoms with Crippen molar-refractivity contribution in [3.63, 3.8) is 0 Å². The summed E-state index contributed by atoms with van der Waals surface area (Å²) in [6, 6.07) is 21.9. The first-order chi connectivity index (χ1) is 17.9. The molecule has 1 aliphatic heterocycles. The highest BCUT2D eigenvalue weighted by Gasteiger charge is 2.25. The van der Waals surface area contributed by atoms with Gasteiger partial charge in [-0.3, -0.25) is 9.59 Å². The van der Waals surface area contributed by atoms with E-state index < -0.39 is 6.10 Å². The van der Waals surface area contributed by atoms with Crippen molar-refractivity contribution in [3.05, 3.63) is 88.6 Å². The van der Waals surface area contributed by atoms with Gasteiger partial charge in [-0.15, -0.1) is 0 Å². The Morgan fingerprint density at radius 2 is 1.68 bits per heavy atom. The zero-order chi connectivity index (χ0) is 25.9. The number of nitrogens with one attached hydrogen (secondary N) is 1. The topological polar surface area (TPSA) is 75.0 Å². The number of hydrogen-bond acceptors (Lipinski definition) is 5. The number of para-hydroxylation sites is 1. The van der Waals surface area contributed by atoms with E-state index in [0.29, 0.717) is 59.0 Å². The van der Waals surface area contributed by atoms with Crippen LogP contribution in [0.4, 0.5) is 11.4 Å². The molecule has 2 amide bonds. The smallest absolute Gasteiger partial charge is 0.289 e. The van der Waals surface area contributed by atoms with Crippen molar-refractivity contribution >= 4 is 57.4 Å². The minimum Gasteiger partial charge on any atom is -0.479 e. The molecule has 0 saturated carbocycles. The maximum absolute atomic E-state index is 12.9. The van der Waals surface area contributed by atoms with Gasteiger partial charge in [0.25, 0.3) is 11.8 Å². The summed E-state index contributed by atoms with van der Waals surface area (Å²) in [5, 5.41) is 4.62. The van der Waals surface area contributed by atoms with Crippen LogP contribution in [0.3, 0.4) is 0 Å². The minimum absolute atomic E-state index is 0.0925. The van der Waals surface area contributed by atoms with E-state index in [1.165, 1.54) is 0 Å². The number of nitrogens with zero attached hydrogens (tertiary/aromatic N) is 2. The summed E-state index contributed by atoms with van der Waals surface area (Å²) < 4.78 is 11.4. The molecule has 0 unspecified atom stereocenters. The van der Waals surface area contributed by atoms with Crippen LogP contribution in [0.5, 0.6) is 5.75 Å². The quantitative estimate of drug-likeness (QED) is 0.321. The number of hydrogen-bond donors (Lipinski definition) is 1. The first-order valence-electron chi connectivity index (χ1n) is 11.9. The van der Waals surface area contributed by atoms with E-state index in [1.807, 2.05) is 53.4 Å². The molecule has 4 aromatic rings. The van der Waals surface area contributed by atoms with Crippen molar-refractivity contribution in [3.8, 4) is 5.75 Å². The summed E-state index contributed by atoms with van der Waals surface area (Å²) in [5.74, 6) is 0.370. The van der Waals surface area contributed by atoms with Gasteiger partial charge < -0.3 is 24.3 Å². The number of benzene rings is 3. The SMILES string of the molecule is C[C@@H](Oc1ccc(Cl)cc1Cl)C(=O)Nc1ccc(N2CCN(C(=O)c3cc4ccccc4o3)CC2)cc1. The molecule has 0 radical (unpaired) electrons. The van der Waals surface area contributed by atoms with Crippen molar-refractivity contribution in [2.75, 3.05) is 36.4 Å². The van der Waals surface area contributed by atoms with Crippen LogP contribution in [-0.4, -0.2) is 49.0 Å². The highest BCUT2D eigenvalue weighted by molar-refractivity contribution is 6.35. The van der Waals surface area contributed by atoms with Gasteiger partial charge in [0, 0.05) is 48.0 Å². The van der Waals surface area contributed by atoms with E-state index >= 15 is 0 Å². The molecule has 1 aliphatic rings.